The molecule has 12 heteroatoms. The molecule has 0 spiro atoms. The molecule has 6 rings (SSSR count). The summed E-state index contributed by atoms with van der Waals surface area (Å²) in [5.41, 5.74) is 1.96. The minimum absolute atomic E-state index is 0.0877. The molecular formula is C30H34ClF3N4O3S. The lowest BCUT2D eigenvalue weighted by molar-refractivity contribution is -0.184. The number of thioether (sulfide) groups is 1. The van der Waals surface area contributed by atoms with E-state index in [1.807, 2.05) is 6.07 Å². The Labute approximate surface area is 252 Å². The van der Waals surface area contributed by atoms with Gasteiger partial charge in [0.15, 0.2) is 0 Å². The van der Waals surface area contributed by atoms with E-state index in [0.29, 0.717) is 61.6 Å². The average Bonchev–Trinajstić information content (AvgIpc) is 2.94. The van der Waals surface area contributed by atoms with Crippen LogP contribution < -0.4 is 5.32 Å². The molecule has 3 unspecified atom stereocenters. The molecule has 2 amide bonds. The van der Waals surface area contributed by atoms with Gasteiger partial charge in [0.25, 0.3) is 5.91 Å². The summed E-state index contributed by atoms with van der Waals surface area (Å²) in [6.45, 7) is 4.79. The number of anilines is 1. The average molecular weight is 623 g/mol. The van der Waals surface area contributed by atoms with Gasteiger partial charge in [-0.15, -0.1) is 11.8 Å². The summed E-state index contributed by atoms with van der Waals surface area (Å²) in [6.07, 6.45) is -2.93. The zero-order valence-corrected chi connectivity index (χ0v) is 24.6. The van der Waals surface area contributed by atoms with Crippen LogP contribution in [0.15, 0.2) is 48.5 Å². The normalized spacial score (nSPS) is 26.0. The number of carbonyl (C=O) groups excluding carboxylic acids is 2. The largest absolute Gasteiger partial charge is 0.394 e. The van der Waals surface area contributed by atoms with Gasteiger partial charge in [-0.1, -0.05) is 41.9 Å². The van der Waals surface area contributed by atoms with Crippen LogP contribution in [0.1, 0.15) is 34.0 Å². The van der Waals surface area contributed by atoms with E-state index in [1.54, 1.807) is 52.3 Å². The Hall–Kier alpha value is -2.47. The summed E-state index contributed by atoms with van der Waals surface area (Å²) in [5, 5.41) is 2.08. The number of rotatable bonds is 6. The summed E-state index contributed by atoms with van der Waals surface area (Å²) in [5.74, 6) is -2.13. The number of piperidine rings is 1. The van der Waals surface area contributed by atoms with Gasteiger partial charge in [-0.05, 0) is 36.6 Å². The number of carbonyl (C=O) groups is 2. The van der Waals surface area contributed by atoms with Crippen molar-refractivity contribution in [3.63, 3.8) is 0 Å². The minimum atomic E-state index is -4.42. The van der Waals surface area contributed by atoms with Gasteiger partial charge in [0.2, 0.25) is 5.91 Å². The van der Waals surface area contributed by atoms with Gasteiger partial charge in [-0.25, -0.2) is 0 Å². The Bertz CT molecular complexity index is 1280. The van der Waals surface area contributed by atoms with Crippen LogP contribution in [-0.2, 0) is 9.53 Å². The molecule has 2 aromatic rings. The third-order valence-electron chi connectivity index (χ3n) is 8.77. The van der Waals surface area contributed by atoms with Crippen LogP contribution >= 0.6 is 23.4 Å². The van der Waals surface area contributed by atoms with Gasteiger partial charge in [0.1, 0.15) is 0 Å². The summed E-state index contributed by atoms with van der Waals surface area (Å²) < 4.78 is 47.2. The van der Waals surface area contributed by atoms with E-state index in [4.69, 9.17) is 16.3 Å². The summed E-state index contributed by atoms with van der Waals surface area (Å²) in [6, 6.07) is 14.6. The minimum Gasteiger partial charge on any atom is -0.380 e. The van der Waals surface area contributed by atoms with E-state index in [0.717, 1.165) is 43.4 Å². The number of alkyl halides is 3. The topological polar surface area (TPSA) is 65.1 Å². The van der Waals surface area contributed by atoms with Crippen molar-refractivity contribution in [2.45, 2.75) is 41.6 Å². The highest BCUT2D eigenvalue weighted by Crippen LogP contribution is 2.59. The van der Waals surface area contributed by atoms with Crippen molar-refractivity contribution in [3.8, 4) is 0 Å². The number of likely N-dealkylation sites (tertiary alicyclic amines) is 2. The molecule has 1 N–H and O–H groups in total. The zero-order valence-electron chi connectivity index (χ0n) is 23.1. The van der Waals surface area contributed by atoms with Crippen molar-refractivity contribution in [1.82, 2.24) is 14.7 Å². The molecule has 3 atom stereocenters. The van der Waals surface area contributed by atoms with Crippen LogP contribution in [-0.4, -0.2) is 103 Å². The molecule has 0 saturated carbocycles. The Morgan fingerprint density at radius 1 is 0.952 bits per heavy atom. The molecule has 42 heavy (non-hydrogen) atoms. The Balaban J connectivity index is 0.964. The lowest BCUT2D eigenvalue weighted by Crippen LogP contribution is -2.61. The summed E-state index contributed by atoms with van der Waals surface area (Å²) in [7, 11) is 0. The third-order valence-corrected chi connectivity index (χ3v) is 10.7. The highest BCUT2D eigenvalue weighted by Gasteiger charge is 2.60. The van der Waals surface area contributed by atoms with E-state index in [-0.39, 0.29) is 17.9 Å². The van der Waals surface area contributed by atoms with E-state index < -0.39 is 22.6 Å². The van der Waals surface area contributed by atoms with Crippen molar-refractivity contribution >= 4 is 40.9 Å². The van der Waals surface area contributed by atoms with Gasteiger partial charge < -0.3 is 19.9 Å². The molecule has 2 aromatic carbocycles. The molecule has 0 radical (unpaired) electrons. The highest BCUT2D eigenvalue weighted by atomic mass is 35.5. The smallest absolute Gasteiger partial charge is 0.380 e. The van der Waals surface area contributed by atoms with Crippen molar-refractivity contribution in [2.24, 2.45) is 5.92 Å². The second-order valence-corrected chi connectivity index (χ2v) is 13.1. The molecule has 4 saturated heterocycles. The third kappa shape index (κ3) is 6.11. The van der Waals surface area contributed by atoms with Gasteiger partial charge in [-0.2, -0.15) is 13.2 Å². The van der Waals surface area contributed by atoms with Crippen molar-refractivity contribution in [1.29, 1.82) is 0 Å². The Kier molecular flexibility index (Phi) is 8.64. The molecule has 4 fully saturated rings. The summed E-state index contributed by atoms with van der Waals surface area (Å²) >= 11 is 7.59. The first kappa shape index (κ1) is 29.6. The summed E-state index contributed by atoms with van der Waals surface area (Å²) in [4.78, 5) is 31.7. The second kappa shape index (κ2) is 12.3. The zero-order chi connectivity index (χ0) is 29.4. The second-order valence-electron chi connectivity index (χ2n) is 11.4. The number of ether oxygens (including phenoxy) is 1. The van der Waals surface area contributed by atoms with Crippen molar-refractivity contribution < 1.29 is 27.5 Å². The number of nitrogens with one attached hydrogen (secondary N) is 1. The maximum Gasteiger partial charge on any atom is 0.394 e. The fourth-order valence-electron chi connectivity index (χ4n) is 6.36. The van der Waals surface area contributed by atoms with Crippen LogP contribution in [0.25, 0.3) is 0 Å². The first-order valence-electron chi connectivity index (χ1n) is 14.4. The maximum absolute atomic E-state index is 14.0. The Morgan fingerprint density at radius 3 is 2.29 bits per heavy atom. The Morgan fingerprint density at radius 2 is 1.64 bits per heavy atom. The van der Waals surface area contributed by atoms with E-state index in [1.165, 1.54) is 0 Å². The molecule has 0 aromatic heterocycles. The predicted octanol–water partition coefficient (Wildman–Crippen LogP) is 4.93. The standard InChI is InChI=1S/C30H34ClF3N4O3S/c31-24-16-20(6-7-23(24)28(39)37-12-14-41-15-13-37)35-21-17-38(18-21)22-8-10-36(11-9-22)29(40)27-25(30(32,33)34)26(42-27)19-4-2-1-3-5-19/h1-7,16,21-22,25-27,35H,8-15,17-18H2. The van der Waals surface area contributed by atoms with Crippen LogP contribution in [0.5, 0.6) is 0 Å². The SMILES string of the molecule is O=C(c1ccc(NC2CN(C3CCN(C(=O)C4SC(c5ccccc5)C4C(F)(F)F)CC3)C2)cc1Cl)N1CCOCC1. The fourth-order valence-corrected chi connectivity index (χ4v) is 8.21. The molecule has 4 aliphatic rings. The highest BCUT2D eigenvalue weighted by molar-refractivity contribution is 8.02. The quantitative estimate of drug-likeness (QED) is 0.493. The molecular weight excluding hydrogens is 589 g/mol. The lowest BCUT2D eigenvalue weighted by atomic mass is 9.91. The number of hydrogen-bond acceptors (Lipinski definition) is 6. The van der Waals surface area contributed by atoms with E-state index in [2.05, 4.69) is 10.2 Å². The van der Waals surface area contributed by atoms with E-state index in [9.17, 15) is 22.8 Å². The van der Waals surface area contributed by atoms with Crippen LogP contribution in [0.3, 0.4) is 0 Å². The van der Waals surface area contributed by atoms with Gasteiger partial charge in [-0.3, -0.25) is 14.5 Å². The molecule has 0 bridgehead atoms. The molecule has 7 nitrogen and oxygen atoms in total. The monoisotopic (exact) mass is 622 g/mol. The lowest BCUT2D eigenvalue weighted by Gasteiger charge is -2.49. The van der Waals surface area contributed by atoms with Crippen LogP contribution in [0.4, 0.5) is 18.9 Å². The number of morpholine rings is 1. The molecule has 0 aliphatic carbocycles. The number of halogens is 4. The molecule has 4 heterocycles. The van der Waals surface area contributed by atoms with Crippen LogP contribution in [0.2, 0.25) is 5.02 Å². The number of benzene rings is 2. The van der Waals surface area contributed by atoms with Crippen molar-refractivity contribution in [3.05, 3.63) is 64.7 Å². The predicted molar refractivity (Wildman–Crippen MR) is 157 cm³/mol. The van der Waals surface area contributed by atoms with Crippen LogP contribution in [0, 0.1) is 5.92 Å². The molecule has 226 valence electrons. The van der Waals surface area contributed by atoms with Gasteiger partial charge in [0, 0.05) is 56.2 Å². The number of hydrogen-bond donors (Lipinski definition) is 1. The molecule has 4 aliphatic heterocycles. The first-order valence-corrected chi connectivity index (χ1v) is 15.7. The first-order chi connectivity index (χ1) is 20.2. The van der Waals surface area contributed by atoms with E-state index >= 15 is 0 Å². The van der Waals surface area contributed by atoms with Gasteiger partial charge in [0.05, 0.1) is 41.0 Å². The van der Waals surface area contributed by atoms with Crippen molar-refractivity contribution in [2.75, 3.05) is 57.8 Å². The fraction of sp³-hybridized carbons (Fsp3) is 0.533. The maximum atomic E-state index is 14.0. The van der Waals surface area contributed by atoms with Gasteiger partial charge >= 0.3 is 6.18 Å². The number of amides is 2. The number of nitrogens with zero attached hydrogens (tertiary/aromatic N) is 3.